The molecule has 0 amide bonds. The van der Waals surface area contributed by atoms with Crippen LogP contribution < -0.4 is 5.73 Å². The number of hydrogen-bond acceptors (Lipinski definition) is 3. The number of nitrogens with zero attached hydrogens (tertiary/aromatic N) is 3. The molecule has 96 valence electrons. The maximum Gasteiger partial charge on any atom is 0.141 e. The van der Waals surface area contributed by atoms with Crippen LogP contribution in [0.4, 0.5) is 5.82 Å². The van der Waals surface area contributed by atoms with E-state index in [1.807, 2.05) is 11.6 Å². The van der Waals surface area contributed by atoms with E-state index in [9.17, 15) is 0 Å². The van der Waals surface area contributed by atoms with Gasteiger partial charge in [-0.2, -0.15) is 5.10 Å². The summed E-state index contributed by atoms with van der Waals surface area (Å²) in [6.07, 6.45) is 3.45. The van der Waals surface area contributed by atoms with Gasteiger partial charge in [0.25, 0.3) is 0 Å². The molecule has 0 aromatic carbocycles. The topological polar surface area (TPSA) is 47.1 Å². The van der Waals surface area contributed by atoms with Crippen LogP contribution in [-0.2, 0) is 0 Å². The summed E-state index contributed by atoms with van der Waals surface area (Å²) in [6, 6.07) is 0.401. The molecule has 1 aromatic heterocycles. The number of nitrogens with two attached hydrogens (primary N) is 1. The van der Waals surface area contributed by atoms with E-state index >= 15 is 0 Å². The van der Waals surface area contributed by atoms with Gasteiger partial charge in [-0.3, -0.25) is 0 Å². The molecule has 1 aromatic rings. The van der Waals surface area contributed by atoms with Crippen molar-refractivity contribution in [2.24, 2.45) is 0 Å². The maximum atomic E-state index is 6.10. The fourth-order valence-electron chi connectivity index (χ4n) is 2.52. The van der Waals surface area contributed by atoms with Gasteiger partial charge in [-0.05, 0) is 39.3 Å². The lowest BCUT2D eigenvalue weighted by molar-refractivity contribution is 0.294. The lowest BCUT2D eigenvalue weighted by Gasteiger charge is -2.18. The van der Waals surface area contributed by atoms with Crippen molar-refractivity contribution < 1.29 is 0 Å². The van der Waals surface area contributed by atoms with Gasteiger partial charge in [-0.25, -0.2) is 4.68 Å². The SMILES string of the molecule is CCN1CCCC(n2nc(C)c(Cl)c2N)CC1. The summed E-state index contributed by atoms with van der Waals surface area (Å²) in [5.41, 5.74) is 6.84. The molecule has 0 radical (unpaired) electrons. The first-order valence-electron chi connectivity index (χ1n) is 6.36. The highest BCUT2D eigenvalue weighted by atomic mass is 35.5. The van der Waals surface area contributed by atoms with Gasteiger partial charge in [0.05, 0.1) is 11.7 Å². The molecule has 4 nitrogen and oxygen atoms in total. The summed E-state index contributed by atoms with van der Waals surface area (Å²) >= 11 is 6.10. The third-order valence-electron chi connectivity index (χ3n) is 3.63. The monoisotopic (exact) mass is 256 g/mol. The predicted octanol–water partition coefficient (Wildman–Crippen LogP) is 2.47. The Hall–Kier alpha value is -0.740. The number of hydrogen-bond donors (Lipinski definition) is 1. The van der Waals surface area contributed by atoms with Crippen LogP contribution in [0.15, 0.2) is 0 Å². The molecule has 1 aliphatic heterocycles. The van der Waals surface area contributed by atoms with E-state index in [1.165, 1.54) is 13.0 Å². The van der Waals surface area contributed by atoms with Crippen LogP contribution in [0.5, 0.6) is 0 Å². The van der Waals surface area contributed by atoms with Gasteiger partial charge < -0.3 is 10.6 Å². The smallest absolute Gasteiger partial charge is 0.141 e. The van der Waals surface area contributed by atoms with Crippen LogP contribution in [0, 0.1) is 6.92 Å². The molecule has 2 heterocycles. The molecule has 0 aliphatic carbocycles. The third kappa shape index (κ3) is 2.58. The van der Waals surface area contributed by atoms with Gasteiger partial charge in [0.2, 0.25) is 0 Å². The number of nitrogen functional groups attached to an aromatic ring is 1. The minimum absolute atomic E-state index is 0.401. The first kappa shape index (κ1) is 12.7. The molecule has 1 fully saturated rings. The highest BCUT2D eigenvalue weighted by Gasteiger charge is 2.21. The summed E-state index contributed by atoms with van der Waals surface area (Å²) < 4.78 is 1.93. The first-order valence-corrected chi connectivity index (χ1v) is 6.73. The van der Waals surface area contributed by atoms with Gasteiger partial charge in [-0.1, -0.05) is 18.5 Å². The highest BCUT2D eigenvalue weighted by Crippen LogP contribution is 2.30. The quantitative estimate of drug-likeness (QED) is 0.884. The molecule has 1 atom stereocenters. The number of likely N-dealkylation sites (tertiary alicyclic amines) is 1. The van der Waals surface area contributed by atoms with Crippen LogP contribution in [0.2, 0.25) is 5.02 Å². The molecule has 1 unspecified atom stereocenters. The summed E-state index contributed by atoms with van der Waals surface area (Å²) in [4.78, 5) is 2.48. The molecular weight excluding hydrogens is 236 g/mol. The molecule has 2 rings (SSSR count). The standard InChI is InChI=1S/C12H21ClN4/c1-3-16-7-4-5-10(6-8-16)17-12(14)11(13)9(2)15-17/h10H,3-8,14H2,1-2H3. The van der Waals surface area contributed by atoms with E-state index in [1.54, 1.807) is 0 Å². The number of anilines is 1. The van der Waals surface area contributed by atoms with Crippen LogP contribution in [0.25, 0.3) is 0 Å². The first-order chi connectivity index (χ1) is 8.13. The van der Waals surface area contributed by atoms with Gasteiger partial charge in [0, 0.05) is 6.54 Å². The fourth-order valence-corrected chi connectivity index (χ4v) is 2.65. The number of aryl methyl sites for hydroxylation is 1. The van der Waals surface area contributed by atoms with Crippen LogP contribution in [0.3, 0.4) is 0 Å². The lowest BCUT2D eigenvalue weighted by atomic mass is 10.1. The Bertz CT molecular complexity index is 388. The van der Waals surface area contributed by atoms with Crippen molar-refractivity contribution in [3.8, 4) is 0 Å². The van der Waals surface area contributed by atoms with Crippen molar-refractivity contribution in [3.63, 3.8) is 0 Å². The lowest BCUT2D eigenvalue weighted by Crippen LogP contribution is -2.24. The van der Waals surface area contributed by atoms with E-state index in [0.29, 0.717) is 16.9 Å². The Morgan fingerprint density at radius 1 is 1.41 bits per heavy atom. The van der Waals surface area contributed by atoms with Crippen molar-refractivity contribution in [2.45, 2.75) is 39.2 Å². The summed E-state index contributed by atoms with van der Waals surface area (Å²) in [5, 5.41) is 5.08. The number of aromatic nitrogens is 2. The van der Waals surface area contributed by atoms with Crippen LogP contribution in [0.1, 0.15) is 37.9 Å². The maximum absolute atomic E-state index is 6.10. The minimum atomic E-state index is 0.401. The van der Waals surface area contributed by atoms with E-state index in [4.69, 9.17) is 17.3 Å². The molecule has 0 saturated carbocycles. The second kappa shape index (κ2) is 5.27. The van der Waals surface area contributed by atoms with Crippen molar-refractivity contribution in [3.05, 3.63) is 10.7 Å². The van der Waals surface area contributed by atoms with E-state index in [0.717, 1.165) is 31.6 Å². The Balaban J connectivity index is 2.14. The van der Waals surface area contributed by atoms with E-state index < -0.39 is 0 Å². The van der Waals surface area contributed by atoms with E-state index in [2.05, 4.69) is 16.9 Å². The van der Waals surface area contributed by atoms with Gasteiger partial charge in [-0.15, -0.1) is 0 Å². The summed E-state index contributed by atoms with van der Waals surface area (Å²) in [5.74, 6) is 0.624. The molecule has 1 saturated heterocycles. The van der Waals surface area contributed by atoms with Crippen molar-refractivity contribution in [1.82, 2.24) is 14.7 Å². The fraction of sp³-hybridized carbons (Fsp3) is 0.750. The summed E-state index contributed by atoms with van der Waals surface area (Å²) in [7, 11) is 0. The minimum Gasteiger partial charge on any atom is -0.383 e. The van der Waals surface area contributed by atoms with E-state index in [-0.39, 0.29) is 0 Å². The van der Waals surface area contributed by atoms with Gasteiger partial charge in [0.15, 0.2) is 0 Å². The Morgan fingerprint density at radius 2 is 2.18 bits per heavy atom. The predicted molar refractivity (Wildman–Crippen MR) is 71.4 cm³/mol. The average molecular weight is 257 g/mol. The molecule has 17 heavy (non-hydrogen) atoms. The Labute approximate surface area is 108 Å². The zero-order valence-corrected chi connectivity index (χ0v) is 11.4. The molecule has 1 aliphatic rings. The Morgan fingerprint density at radius 3 is 2.76 bits per heavy atom. The number of halogens is 1. The highest BCUT2D eigenvalue weighted by molar-refractivity contribution is 6.33. The second-order valence-corrected chi connectivity index (χ2v) is 5.13. The normalized spacial score (nSPS) is 22.6. The van der Waals surface area contributed by atoms with Gasteiger partial charge >= 0.3 is 0 Å². The molecule has 0 bridgehead atoms. The van der Waals surface area contributed by atoms with Crippen molar-refractivity contribution in [1.29, 1.82) is 0 Å². The van der Waals surface area contributed by atoms with Crippen molar-refractivity contribution >= 4 is 17.4 Å². The average Bonchev–Trinajstić information content (AvgIpc) is 2.55. The Kier molecular flexibility index (Phi) is 3.94. The van der Waals surface area contributed by atoms with Crippen molar-refractivity contribution in [2.75, 3.05) is 25.4 Å². The summed E-state index contributed by atoms with van der Waals surface area (Å²) in [6.45, 7) is 7.55. The molecule has 0 spiro atoms. The molecule has 5 heteroatoms. The van der Waals surface area contributed by atoms with Crippen LogP contribution in [-0.4, -0.2) is 34.3 Å². The molecular formula is C12H21ClN4. The van der Waals surface area contributed by atoms with Gasteiger partial charge in [0.1, 0.15) is 10.8 Å². The molecule has 2 N–H and O–H groups in total. The zero-order chi connectivity index (χ0) is 12.4. The number of rotatable bonds is 2. The van der Waals surface area contributed by atoms with Crippen LogP contribution >= 0.6 is 11.6 Å². The third-order valence-corrected chi connectivity index (χ3v) is 4.10. The largest absolute Gasteiger partial charge is 0.383 e. The second-order valence-electron chi connectivity index (χ2n) is 4.75. The zero-order valence-electron chi connectivity index (χ0n) is 10.6.